The predicted octanol–water partition coefficient (Wildman–Crippen LogP) is 3.26. The molecule has 2 nitrogen and oxygen atoms in total. The minimum atomic E-state index is -0.276. The Balaban J connectivity index is 1.94. The van der Waals surface area contributed by atoms with Crippen molar-refractivity contribution in [3.05, 3.63) is 24.0 Å². The highest BCUT2D eigenvalue weighted by atomic mass is 19.1. The highest BCUT2D eigenvalue weighted by molar-refractivity contribution is 5.54. The quantitative estimate of drug-likeness (QED) is 0.770. The number of anilines is 2. The van der Waals surface area contributed by atoms with Crippen LogP contribution in [0.2, 0.25) is 0 Å². The van der Waals surface area contributed by atoms with Crippen molar-refractivity contribution in [3.8, 4) is 0 Å². The van der Waals surface area contributed by atoms with Crippen molar-refractivity contribution in [3.63, 3.8) is 0 Å². The molecule has 3 heteroatoms. The maximum Gasteiger partial charge on any atom is 0.127 e. The third-order valence-corrected chi connectivity index (χ3v) is 3.53. The van der Waals surface area contributed by atoms with Gasteiger partial charge in [0.1, 0.15) is 5.82 Å². The van der Waals surface area contributed by atoms with E-state index in [1.165, 1.54) is 31.4 Å². The molecule has 0 aromatic heterocycles. The van der Waals surface area contributed by atoms with Crippen LogP contribution < -0.4 is 11.1 Å². The van der Waals surface area contributed by atoms with E-state index in [0.29, 0.717) is 11.6 Å². The fourth-order valence-corrected chi connectivity index (χ4v) is 2.49. The predicted molar refractivity (Wildman–Crippen MR) is 65.8 cm³/mol. The summed E-state index contributed by atoms with van der Waals surface area (Å²) in [5, 5.41) is 3.28. The number of benzene rings is 1. The average Bonchev–Trinajstić information content (AvgIpc) is 2.59. The van der Waals surface area contributed by atoms with Gasteiger partial charge in [0.05, 0.1) is 0 Å². The molecule has 0 aliphatic heterocycles. The summed E-state index contributed by atoms with van der Waals surface area (Å²) in [6.45, 7) is 3.21. The Labute approximate surface area is 96.0 Å². The topological polar surface area (TPSA) is 38.0 Å². The normalized spacial score (nSPS) is 24.6. The van der Waals surface area contributed by atoms with Gasteiger partial charge in [-0.2, -0.15) is 0 Å². The van der Waals surface area contributed by atoms with Crippen LogP contribution in [0.4, 0.5) is 15.8 Å². The molecular formula is C13H19FN2. The summed E-state index contributed by atoms with van der Waals surface area (Å²) in [5.74, 6) is 1.21. The lowest BCUT2D eigenvalue weighted by molar-refractivity contribution is 0.439. The van der Waals surface area contributed by atoms with Gasteiger partial charge in [-0.1, -0.05) is 19.8 Å². The summed E-state index contributed by atoms with van der Waals surface area (Å²) in [5.41, 5.74) is 6.85. The molecule has 2 unspecified atom stereocenters. The summed E-state index contributed by atoms with van der Waals surface area (Å²) in [4.78, 5) is 0. The third-order valence-electron chi connectivity index (χ3n) is 3.53. The van der Waals surface area contributed by atoms with Crippen molar-refractivity contribution in [1.29, 1.82) is 0 Å². The van der Waals surface area contributed by atoms with E-state index in [4.69, 9.17) is 5.73 Å². The summed E-state index contributed by atoms with van der Waals surface area (Å²) < 4.78 is 13.1. The van der Waals surface area contributed by atoms with Crippen molar-refractivity contribution in [2.75, 3.05) is 17.6 Å². The lowest BCUT2D eigenvalue weighted by atomic mass is 9.98. The van der Waals surface area contributed by atoms with Crippen LogP contribution in [0, 0.1) is 17.7 Å². The van der Waals surface area contributed by atoms with Gasteiger partial charge in [0.15, 0.2) is 0 Å². The van der Waals surface area contributed by atoms with E-state index in [0.717, 1.165) is 18.2 Å². The first-order valence-corrected chi connectivity index (χ1v) is 5.95. The Morgan fingerprint density at radius 3 is 2.81 bits per heavy atom. The van der Waals surface area contributed by atoms with Gasteiger partial charge >= 0.3 is 0 Å². The highest BCUT2D eigenvalue weighted by Gasteiger charge is 2.22. The average molecular weight is 222 g/mol. The molecule has 1 aliphatic carbocycles. The zero-order valence-electron chi connectivity index (χ0n) is 9.67. The van der Waals surface area contributed by atoms with E-state index in [-0.39, 0.29) is 5.82 Å². The van der Waals surface area contributed by atoms with E-state index < -0.39 is 0 Å². The molecule has 1 aromatic rings. The van der Waals surface area contributed by atoms with Gasteiger partial charge in [-0.3, -0.25) is 0 Å². The molecule has 1 saturated carbocycles. The van der Waals surface area contributed by atoms with Crippen molar-refractivity contribution in [2.24, 2.45) is 11.8 Å². The van der Waals surface area contributed by atoms with Gasteiger partial charge in [0.25, 0.3) is 0 Å². The Morgan fingerprint density at radius 1 is 1.38 bits per heavy atom. The van der Waals surface area contributed by atoms with Crippen molar-refractivity contribution in [1.82, 2.24) is 0 Å². The molecular weight excluding hydrogens is 203 g/mol. The number of nitrogens with two attached hydrogens (primary N) is 1. The SMILES string of the molecule is CC1CCCC1CNc1cc(N)cc(F)c1. The van der Waals surface area contributed by atoms with E-state index >= 15 is 0 Å². The molecule has 1 fully saturated rings. The van der Waals surface area contributed by atoms with Crippen LogP contribution in [0.1, 0.15) is 26.2 Å². The number of hydrogen-bond donors (Lipinski definition) is 2. The van der Waals surface area contributed by atoms with Gasteiger partial charge in [0.2, 0.25) is 0 Å². The lowest BCUT2D eigenvalue weighted by Crippen LogP contribution is -2.16. The highest BCUT2D eigenvalue weighted by Crippen LogP contribution is 2.31. The zero-order chi connectivity index (χ0) is 11.5. The molecule has 0 heterocycles. The second-order valence-corrected chi connectivity index (χ2v) is 4.82. The molecule has 0 spiro atoms. The number of nitrogens with one attached hydrogen (secondary N) is 1. The minimum absolute atomic E-state index is 0.276. The largest absolute Gasteiger partial charge is 0.399 e. The van der Waals surface area contributed by atoms with Crippen LogP contribution in [-0.4, -0.2) is 6.54 Å². The molecule has 0 bridgehead atoms. The molecule has 2 rings (SSSR count). The fraction of sp³-hybridized carbons (Fsp3) is 0.538. The van der Waals surface area contributed by atoms with Crippen LogP contribution in [-0.2, 0) is 0 Å². The van der Waals surface area contributed by atoms with Gasteiger partial charge in [-0.05, 0) is 36.5 Å². The van der Waals surface area contributed by atoms with Gasteiger partial charge < -0.3 is 11.1 Å². The molecule has 3 N–H and O–H groups in total. The van der Waals surface area contributed by atoms with Crippen LogP contribution in [0.15, 0.2) is 18.2 Å². The second kappa shape index (κ2) is 4.73. The number of nitrogen functional groups attached to an aromatic ring is 1. The van der Waals surface area contributed by atoms with E-state index in [9.17, 15) is 4.39 Å². The molecule has 88 valence electrons. The number of halogens is 1. The number of rotatable bonds is 3. The number of hydrogen-bond acceptors (Lipinski definition) is 2. The van der Waals surface area contributed by atoms with E-state index in [1.807, 2.05) is 0 Å². The van der Waals surface area contributed by atoms with Crippen LogP contribution in [0.25, 0.3) is 0 Å². The summed E-state index contributed by atoms with van der Waals surface area (Å²) in [6, 6.07) is 4.61. The van der Waals surface area contributed by atoms with Gasteiger partial charge in [0, 0.05) is 17.9 Å². The van der Waals surface area contributed by atoms with Crippen molar-refractivity contribution >= 4 is 11.4 Å². The Hall–Kier alpha value is -1.25. The summed E-state index contributed by atoms with van der Waals surface area (Å²) >= 11 is 0. The first kappa shape index (κ1) is 11.2. The molecule has 1 aromatic carbocycles. The second-order valence-electron chi connectivity index (χ2n) is 4.82. The lowest BCUT2D eigenvalue weighted by Gasteiger charge is -2.17. The summed E-state index contributed by atoms with van der Waals surface area (Å²) in [7, 11) is 0. The Kier molecular flexibility index (Phi) is 3.32. The first-order valence-electron chi connectivity index (χ1n) is 5.95. The maximum atomic E-state index is 13.1. The van der Waals surface area contributed by atoms with Crippen molar-refractivity contribution in [2.45, 2.75) is 26.2 Å². The van der Waals surface area contributed by atoms with Gasteiger partial charge in [-0.25, -0.2) is 4.39 Å². The van der Waals surface area contributed by atoms with Crippen molar-refractivity contribution < 1.29 is 4.39 Å². The van der Waals surface area contributed by atoms with Crippen LogP contribution >= 0.6 is 0 Å². The molecule has 2 atom stereocenters. The standard InChI is InChI=1S/C13H19FN2/c1-9-3-2-4-10(9)8-16-13-6-11(14)5-12(15)7-13/h5-7,9-10,16H,2-4,8,15H2,1H3. The van der Waals surface area contributed by atoms with E-state index in [2.05, 4.69) is 12.2 Å². The van der Waals surface area contributed by atoms with E-state index in [1.54, 1.807) is 6.07 Å². The first-order chi connectivity index (χ1) is 7.65. The zero-order valence-corrected chi connectivity index (χ0v) is 9.67. The monoisotopic (exact) mass is 222 g/mol. The molecule has 0 saturated heterocycles. The fourth-order valence-electron chi connectivity index (χ4n) is 2.49. The van der Waals surface area contributed by atoms with Gasteiger partial charge in [-0.15, -0.1) is 0 Å². The Morgan fingerprint density at radius 2 is 2.19 bits per heavy atom. The molecule has 1 aliphatic rings. The van der Waals surface area contributed by atoms with Crippen LogP contribution in [0.5, 0.6) is 0 Å². The minimum Gasteiger partial charge on any atom is -0.399 e. The maximum absolute atomic E-state index is 13.1. The smallest absolute Gasteiger partial charge is 0.127 e. The third kappa shape index (κ3) is 2.65. The molecule has 0 amide bonds. The summed E-state index contributed by atoms with van der Waals surface area (Å²) in [6.07, 6.45) is 3.91. The molecule has 16 heavy (non-hydrogen) atoms. The molecule has 0 radical (unpaired) electrons. The Bertz CT molecular complexity index is 345. The van der Waals surface area contributed by atoms with Crippen LogP contribution in [0.3, 0.4) is 0 Å².